The predicted molar refractivity (Wildman–Crippen MR) is 107 cm³/mol. The van der Waals surface area contributed by atoms with Gasteiger partial charge in [-0.2, -0.15) is 9.40 Å². The van der Waals surface area contributed by atoms with Crippen molar-refractivity contribution >= 4 is 21.8 Å². The van der Waals surface area contributed by atoms with Gasteiger partial charge in [0, 0.05) is 52.4 Å². The molecule has 9 nitrogen and oxygen atoms in total. The van der Waals surface area contributed by atoms with E-state index in [9.17, 15) is 18.0 Å². The Morgan fingerprint density at radius 1 is 1.10 bits per heavy atom. The highest BCUT2D eigenvalue weighted by Gasteiger charge is 2.26. The first-order chi connectivity index (χ1) is 13.9. The Kier molecular flexibility index (Phi) is 6.65. The van der Waals surface area contributed by atoms with E-state index < -0.39 is 10.0 Å². The van der Waals surface area contributed by atoms with Crippen molar-refractivity contribution in [1.82, 2.24) is 24.3 Å². The molecule has 1 saturated heterocycles. The molecule has 29 heavy (non-hydrogen) atoms. The molecule has 3 rings (SSSR count). The van der Waals surface area contributed by atoms with E-state index in [1.54, 1.807) is 53.2 Å². The van der Waals surface area contributed by atoms with E-state index in [4.69, 9.17) is 0 Å². The SMILES string of the molecule is Cn1cc(C(=O)N2CCCN(S(=O)(=O)c3ccccc3)CCC(=O)NCC2)cn1. The maximum Gasteiger partial charge on any atom is 0.257 e. The summed E-state index contributed by atoms with van der Waals surface area (Å²) in [7, 11) is -1.98. The molecule has 2 aromatic rings. The van der Waals surface area contributed by atoms with Crippen LogP contribution in [-0.2, 0) is 21.9 Å². The second kappa shape index (κ2) is 9.19. The van der Waals surface area contributed by atoms with Gasteiger partial charge in [0.2, 0.25) is 15.9 Å². The summed E-state index contributed by atoms with van der Waals surface area (Å²) < 4.78 is 28.8. The number of aryl methyl sites for hydroxylation is 1. The van der Waals surface area contributed by atoms with Crippen LogP contribution in [0.5, 0.6) is 0 Å². The average Bonchev–Trinajstić information content (AvgIpc) is 3.13. The van der Waals surface area contributed by atoms with Gasteiger partial charge in [0.15, 0.2) is 0 Å². The van der Waals surface area contributed by atoms with E-state index in [-0.39, 0.29) is 36.2 Å². The van der Waals surface area contributed by atoms with Crippen molar-refractivity contribution in [3.8, 4) is 0 Å². The van der Waals surface area contributed by atoms with Gasteiger partial charge < -0.3 is 10.2 Å². The summed E-state index contributed by atoms with van der Waals surface area (Å²) in [5.74, 6) is -0.432. The number of aromatic nitrogens is 2. The highest BCUT2D eigenvalue weighted by molar-refractivity contribution is 7.89. The number of benzene rings is 1. The van der Waals surface area contributed by atoms with E-state index in [1.807, 2.05) is 0 Å². The van der Waals surface area contributed by atoms with Crippen LogP contribution in [0.15, 0.2) is 47.6 Å². The van der Waals surface area contributed by atoms with Crippen LogP contribution in [0.2, 0.25) is 0 Å². The summed E-state index contributed by atoms with van der Waals surface area (Å²) >= 11 is 0. The number of carbonyl (C=O) groups is 2. The van der Waals surface area contributed by atoms with E-state index in [0.29, 0.717) is 31.6 Å². The van der Waals surface area contributed by atoms with Crippen molar-refractivity contribution in [1.29, 1.82) is 0 Å². The standard InChI is InChI=1S/C19H25N5O4S/c1-22-15-16(14-21-22)19(26)23-10-5-11-24(12-8-18(25)20-9-13-23)29(27,28)17-6-3-2-4-7-17/h2-4,6-7,14-15H,5,8-13H2,1H3,(H,20,25). The van der Waals surface area contributed by atoms with Crippen molar-refractivity contribution in [3.05, 3.63) is 48.3 Å². The van der Waals surface area contributed by atoms with Crippen molar-refractivity contribution in [2.24, 2.45) is 7.05 Å². The monoisotopic (exact) mass is 419 g/mol. The minimum absolute atomic E-state index is 0.0720. The van der Waals surface area contributed by atoms with Crippen molar-refractivity contribution in [2.45, 2.75) is 17.7 Å². The molecule has 0 spiro atoms. The second-order valence-electron chi connectivity index (χ2n) is 6.87. The third-order valence-electron chi connectivity index (χ3n) is 4.75. The quantitative estimate of drug-likeness (QED) is 0.778. The van der Waals surface area contributed by atoms with Gasteiger partial charge in [-0.25, -0.2) is 8.42 Å². The van der Waals surface area contributed by atoms with Gasteiger partial charge in [-0.1, -0.05) is 18.2 Å². The lowest BCUT2D eigenvalue weighted by molar-refractivity contribution is -0.121. The van der Waals surface area contributed by atoms with Crippen LogP contribution in [0.1, 0.15) is 23.2 Å². The lowest BCUT2D eigenvalue weighted by atomic mass is 10.2. The molecular weight excluding hydrogens is 394 g/mol. The van der Waals surface area contributed by atoms with Gasteiger partial charge in [0.05, 0.1) is 16.7 Å². The Morgan fingerprint density at radius 2 is 1.86 bits per heavy atom. The molecule has 0 radical (unpaired) electrons. The van der Waals surface area contributed by atoms with Crippen LogP contribution in [0.25, 0.3) is 0 Å². The van der Waals surface area contributed by atoms with Gasteiger partial charge in [0.25, 0.3) is 5.91 Å². The maximum absolute atomic E-state index is 13.0. The number of carbonyl (C=O) groups excluding carboxylic acids is 2. The summed E-state index contributed by atoms with van der Waals surface area (Å²) in [6.45, 7) is 1.37. The van der Waals surface area contributed by atoms with Gasteiger partial charge in [-0.3, -0.25) is 14.3 Å². The lowest BCUT2D eigenvalue weighted by Crippen LogP contribution is -2.39. The number of hydrogen-bond donors (Lipinski definition) is 1. The first kappa shape index (κ1) is 21.0. The molecule has 1 fully saturated rings. The topological polar surface area (TPSA) is 105 Å². The minimum atomic E-state index is -3.72. The second-order valence-corrected chi connectivity index (χ2v) is 8.80. The third-order valence-corrected chi connectivity index (χ3v) is 6.66. The molecule has 1 aromatic heterocycles. The summed E-state index contributed by atoms with van der Waals surface area (Å²) in [6.07, 6.45) is 3.67. The Balaban J connectivity index is 1.77. The summed E-state index contributed by atoms with van der Waals surface area (Å²) in [4.78, 5) is 26.7. The highest BCUT2D eigenvalue weighted by atomic mass is 32.2. The number of nitrogens with one attached hydrogen (secondary N) is 1. The molecule has 1 aliphatic rings. The Bertz CT molecular complexity index is 958. The zero-order chi connectivity index (χ0) is 20.9. The molecule has 1 aromatic carbocycles. The van der Waals surface area contributed by atoms with Crippen LogP contribution < -0.4 is 5.32 Å². The maximum atomic E-state index is 13.0. The van der Waals surface area contributed by atoms with Crippen LogP contribution in [0.3, 0.4) is 0 Å². The van der Waals surface area contributed by atoms with Crippen molar-refractivity contribution < 1.29 is 18.0 Å². The molecule has 2 amide bonds. The average molecular weight is 420 g/mol. The molecule has 0 atom stereocenters. The Morgan fingerprint density at radius 3 is 2.55 bits per heavy atom. The summed E-state index contributed by atoms with van der Waals surface area (Å²) in [5, 5.41) is 6.78. The molecule has 2 heterocycles. The van der Waals surface area contributed by atoms with Crippen molar-refractivity contribution in [3.63, 3.8) is 0 Å². The van der Waals surface area contributed by atoms with Crippen LogP contribution >= 0.6 is 0 Å². The molecular formula is C19H25N5O4S. The zero-order valence-corrected chi connectivity index (χ0v) is 17.1. The van der Waals surface area contributed by atoms with Crippen LogP contribution in [-0.4, -0.2) is 71.9 Å². The van der Waals surface area contributed by atoms with E-state index in [0.717, 1.165) is 0 Å². The fraction of sp³-hybridized carbons (Fsp3) is 0.421. The first-order valence-corrected chi connectivity index (χ1v) is 10.9. The fourth-order valence-electron chi connectivity index (χ4n) is 3.21. The lowest BCUT2D eigenvalue weighted by Gasteiger charge is -2.24. The predicted octanol–water partition coefficient (Wildman–Crippen LogP) is 0.463. The summed E-state index contributed by atoms with van der Waals surface area (Å²) in [5.41, 5.74) is 0.461. The van der Waals surface area contributed by atoms with Gasteiger partial charge in [-0.05, 0) is 18.6 Å². The van der Waals surface area contributed by atoms with Gasteiger partial charge >= 0.3 is 0 Å². The molecule has 1 N–H and O–H groups in total. The van der Waals surface area contributed by atoms with Crippen LogP contribution in [0, 0.1) is 0 Å². The molecule has 10 heteroatoms. The molecule has 156 valence electrons. The number of rotatable bonds is 3. The number of amides is 2. The normalized spacial score (nSPS) is 17.4. The Hall–Kier alpha value is -2.72. The minimum Gasteiger partial charge on any atom is -0.354 e. The first-order valence-electron chi connectivity index (χ1n) is 9.48. The highest BCUT2D eigenvalue weighted by Crippen LogP contribution is 2.17. The molecule has 0 saturated carbocycles. The van der Waals surface area contributed by atoms with Gasteiger partial charge in [0.1, 0.15) is 0 Å². The fourth-order valence-corrected chi connectivity index (χ4v) is 4.71. The van der Waals surface area contributed by atoms with E-state index >= 15 is 0 Å². The number of nitrogens with zero attached hydrogens (tertiary/aromatic N) is 4. The molecule has 1 aliphatic heterocycles. The van der Waals surface area contributed by atoms with E-state index in [2.05, 4.69) is 10.4 Å². The van der Waals surface area contributed by atoms with Gasteiger partial charge in [-0.15, -0.1) is 0 Å². The smallest absolute Gasteiger partial charge is 0.257 e. The van der Waals surface area contributed by atoms with E-state index in [1.165, 1.54) is 10.5 Å². The van der Waals surface area contributed by atoms with Crippen molar-refractivity contribution in [2.75, 3.05) is 32.7 Å². The largest absolute Gasteiger partial charge is 0.354 e. The summed E-state index contributed by atoms with van der Waals surface area (Å²) in [6, 6.07) is 8.17. The van der Waals surface area contributed by atoms with Crippen LogP contribution in [0.4, 0.5) is 0 Å². The molecule has 0 bridgehead atoms. The third kappa shape index (κ3) is 5.21. The Labute approximate surface area is 170 Å². The molecule has 0 aliphatic carbocycles. The zero-order valence-electron chi connectivity index (χ0n) is 16.3. The number of hydrogen-bond acceptors (Lipinski definition) is 5. The molecule has 0 unspecified atom stereocenters. The number of sulfonamides is 1.